The highest BCUT2D eigenvalue weighted by atomic mass is 13.9. The molecule has 0 aromatic heterocycles. The summed E-state index contributed by atoms with van der Waals surface area (Å²) in [5, 5.41) is 0. The summed E-state index contributed by atoms with van der Waals surface area (Å²) in [6, 6.07) is 0. The maximum Gasteiger partial charge on any atom is -0.0194 e. The quantitative estimate of drug-likeness (QED) is 0.533. The van der Waals surface area contributed by atoms with Crippen molar-refractivity contribution in [1.82, 2.24) is 0 Å². The fourth-order valence-corrected chi connectivity index (χ4v) is 0.781. The van der Waals surface area contributed by atoms with E-state index in [1.807, 2.05) is 19.1 Å². The second-order valence-corrected chi connectivity index (χ2v) is 2.02. The van der Waals surface area contributed by atoms with E-state index >= 15 is 0 Å². The second kappa shape index (κ2) is 5.48. The van der Waals surface area contributed by atoms with Crippen LogP contribution in [0.1, 0.15) is 6.92 Å². The molecule has 0 aliphatic rings. The molecule has 0 bridgehead atoms. The van der Waals surface area contributed by atoms with Crippen LogP contribution < -0.4 is 0 Å². The van der Waals surface area contributed by atoms with Gasteiger partial charge in [-0.3, -0.25) is 0 Å². The average Bonchev–Trinajstić information content (AvgIpc) is 2.05. The lowest BCUT2D eigenvalue weighted by atomic mass is 10.1. The zero-order valence-corrected chi connectivity index (χ0v) is 7.01. The van der Waals surface area contributed by atoms with Crippen LogP contribution in [0.5, 0.6) is 0 Å². The molecule has 0 amide bonds. The van der Waals surface area contributed by atoms with Gasteiger partial charge in [-0.05, 0) is 18.1 Å². The minimum Gasteiger partial charge on any atom is -0.0984 e. The maximum atomic E-state index is 3.69. The van der Waals surface area contributed by atoms with Gasteiger partial charge in [0.05, 0.1) is 0 Å². The first-order valence-electron chi connectivity index (χ1n) is 3.54. The standard InChI is InChI=1S/C11H14/c1-5-9-11(8-4)10(6-2)7-3/h5-9H,2-4H2,1H3/b9-5+. The smallest absolute Gasteiger partial charge is 0.0194 e. The molecule has 0 aromatic carbocycles. The van der Waals surface area contributed by atoms with E-state index in [4.69, 9.17) is 0 Å². The molecule has 0 rings (SSSR count). The Hall–Kier alpha value is -1.30. The van der Waals surface area contributed by atoms with Crippen LogP contribution in [0.4, 0.5) is 0 Å². The lowest BCUT2D eigenvalue weighted by molar-refractivity contribution is 1.56. The normalized spacial score (nSPS) is 9.18. The lowest BCUT2D eigenvalue weighted by Gasteiger charge is -1.97. The summed E-state index contributed by atoms with van der Waals surface area (Å²) >= 11 is 0. The van der Waals surface area contributed by atoms with E-state index in [1.54, 1.807) is 18.2 Å². The van der Waals surface area contributed by atoms with E-state index in [0.29, 0.717) is 0 Å². The van der Waals surface area contributed by atoms with Crippen molar-refractivity contribution in [1.29, 1.82) is 0 Å². The molecule has 0 saturated heterocycles. The Balaban J connectivity index is 4.90. The first kappa shape index (κ1) is 9.70. The molecule has 0 heterocycles. The minimum atomic E-state index is 1.01. The van der Waals surface area contributed by atoms with Crippen LogP contribution in [0.3, 0.4) is 0 Å². The Kier molecular flexibility index (Phi) is 4.83. The van der Waals surface area contributed by atoms with E-state index in [1.165, 1.54) is 0 Å². The molecule has 0 aliphatic heterocycles. The van der Waals surface area contributed by atoms with Crippen LogP contribution in [0, 0.1) is 0 Å². The van der Waals surface area contributed by atoms with E-state index in [-0.39, 0.29) is 0 Å². The first-order chi connectivity index (χ1) is 5.29. The highest BCUT2D eigenvalue weighted by molar-refractivity contribution is 5.44. The molecule has 0 nitrogen and oxygen atoms in total. The van der Waals surface area contributed by atoms with Crippen molar-refractivity contribution < 1.29 is 0 Å². The predicted molar refractivity (Wildman–Crippen MR) is 52.4 cm³/mol. The van der Waals surface area contributed by atoms with Gasteiger partial charge in [-0.1, -0.05) is 50.1 Å². The summed E-state index contributed by atoms with van der Waals surface area (Å²) in [6.07, 6.45) is 9.27. The molecule has 0 N–H and O–H groups in total. The Morgan fingerprint density at radius 3 is 1.64 bits per heavy atom. The van der Waals surface area contributed by atoms with E-state index < -0.39 is 0 Å². The molecule has 0 spiro atoms. The van der Waals surface area contributed by atoms with Crippen molar-refractivity contribution in [3.63, 3.8) is 0 Å². The molecule has 0 atom stereocenters. The van der Waals surface area contributed by atoms with Crippen molar-refractivity contribution in [3.05, 3.63) is 61.3 Å². The van der Waals surface area contributed by atoms with Gasteiger partial charge >= 0.3 is 0 Å². The number of hydrogen-bond donors (Lipinski definition) is 0. The van der Waals surface area contributed by atoms with Gasteiger partial charge in [-0.15, -0.1) is 0 Å². The number of allylic oxidation sites excluding steroid dienone is 7. The van der Waals surface area contributed by atoms with Gasteiger partial charge in [0.2, 0.25) is 0 Å². The molecule has 0 radical (unpaired) electrons. The van der Waals surface area contributed by atoms with Gasteiger partial charge in [0.1, 0.15) is 0 Å². The minimum absolute atomic E-state index is 1.01. The van der Waals surface area contributed by atoms with E-state index in [2.05, 4.69) is 19.7 Å². The molecule has 0 aromatic rings. The summed E-state index contributed by atoms with van der Waals surface area (Å²) in [7, 11) is 0. The fraction of sp³-hybridized carbons (Fsp3) is 0.0909. The Labute approximate surface area is 68.9 Å². The number of hydrogen-bond acceptors (Lipinski definition) is 0. The van der Waals surface area contributed by atoms with Crippen molar-refractivity contribution in [3.8, 4) is 0 Å². The van der Waals surface area contributed by atoms with Gasteiger partial charge in [0.15, 0.2) is 0 Å². The van der Waals surface area contributed by atoms with Crippen LogP contribution in [0.25, 0.3) is 0 Å². The average molecular weight is 146 g/mol. The van der Waals surface area contributed by atoms with Crippen LogP contribution in [0.15, 0.2) is 61.3 Å². The zero-order valence-electron chi connectivity index (χ0n) is 7.01. The van der Waals surface area contributed by atoms with Gasteiger partial charge in [-0.25, -0.2) is 0 Å². The summed E-state index contributed by atoms with van der Waals surface area (Å²) in [6.45, 7) is 13.0. The second-order valence-electron chi connectivity index (χ2n) is 2.02. The fourth-order valence-electron chi connectivity index (χ4n) is 0.781. The van der Waals surface area contributed by atoms with Crippen LogP contribution in [0.2, 0.25) is 0 Å². The third-order valence-electron chi connectivity index (χ3n) is 1.34. The van der Waals surface area contributed by atoms with Gasteiger partial charge in [0.25, 0.3) is 0 Å². The zero-order chi connectivity index (χ0) is 8.69. The molecular formula is C11H14. The maximum absolute atomic E-state index is 3.69. The summed E-state index contributed by atoms with van der Waals surface area (Å²) < 4.78 is 0. The molecule has 0 heteroatoms. The van der Waals surface area contributed by atoms with Crippen LogP contribution >= 0.6 is 0 Å². The highest BCUT2D eigenvalue weighted by Crippen LogP contribution is 2.09. The highest BCUT2D eigenvalue weighted by Gasteiger charge is 1.89. The molecule has 0 fully saturated rings. The number of rotatable bonds is 4. The first-order valence-corrected chi connectivity index (χ1v) is 3.54. The van der Waals surface area contributed by atoms with Crippen molar-refractivity contribution in [2.24, 2.45) is 0 Å². The molecular weight excluding hydrogens is 132 g/mol. The van der Waals surface area contributed by atoms with Gasteiger partial charge in [-0.2, -0.15) is 0 Å². The molecule has 0 aliphatic carbocycles. The third-order valence-corrected chi connectivity index (χ3v) is 1.34. The predicted octanol–water partition coefficient (Wildman–Crippen LogP) is 3.42. The van der Waals surface area contributed by atoms with E-state index in [9.17, 15) is 0 Å². The summed E-state index contributed by atoms with van der Waals surface area (Å²) in [5.41, 5.74) is 2.07. The third kappa shape index (κ3) is 2.85. The SMILES string of the molecule is C=CC(C=C)=C(C=C)/C=C/C. The van der Waals surface area contributed by atoms with Crippen molar-refractivity contribution in [2.75, 3.05) is 0 Å². The van der Waals surface area contributed by atoms with Gasteiger partial charge < -0.3 is 0 Å². The largest absolute Gasteiger partial charge is 0.0984 e. The van der Waals surface area contributed by atoms with E-state index in [0.717, 1.165) is 11.1 Å². The Bertz CT molecular complexity index is 204. The molecule has 0 saturated carbocycles. The van der Waals surface area contributed by atoms with Crippen LogP contribution in [-0.2, 0) is 0 Å². The lowest BCUT2D eigenvalue weighted by Crippen LogP contribution is -1.77. The van der Waals surface area contributed by atoms with Crippen molar-refractivity contribution in [2.45, 2.75) is 6.92 Å². The van der Waals surface area contributed by atoms with Crippen molar-refractivity contribution >= 4 is 0 Å². The molecule has 0 unspecified atom stereocenters. The van der Waals surface area contributed by atoms with Gasteiger partial charge in [0, 0.05) is 0 Å². The monoisotopic (exact) mass is 146 g/mol. The summed E-state index contributed by atoms with van der Waals surface area (Å²) in [4.78, 5) is 0. The topological polar surface area (TPSA) is 0 Å². The van der Waals surface area contributed by atoms with Crippen LogP contribution in [-0.4, -0.2) is 0 Å². The Morgan fingerprint density at radius 1 is 0.909 bits per heavy atom. The molecule has 58 valence electrons. The molecule has 11 heavy (non-hydrogen) atoms. The summed E-state index contributed by atoms with van der Waals surface area (Å²) in [5.74, 6) is 0. The Morgan fingerprint density at radius 2 is 1.36 bits per heavy atom.